The fraction of sp³-hybridized carbons (Fsp3) is 0.909. The van der Waals surface area contributed by atoms with Crippen molar-refractivity contribution in [3.63, 3.8) is 0 Å². The number of alkyl halides is 3. The zero-order chi connectivity index (χ0) is 14.3. The smallest absolute Gasteiger partial charge is 0.411 e. The van der Waals surface area contributed by atoms with E-state index in [9.17, 15) is 18.0 Å². The van der Waals surface area contributed by atoms with Crippen molar-refractivity contribution >= 4 is 17.7 Å². The molecule has 0 amide bonds. The van der Waals surface area contributed by atoms with Gasteiger partial charge in [0, 0.05) is 37.2 Å². The highest BCUT2D eigenvalue weighted by atomic mass is 32.2. The molecule has 1 heterocycles. The number of nitrogens with zero attached hydrogens (tertiary/aromatic N) is 1. The minimum absolute atomic E-state index is 0.0288. The normalized spacial score (nSPS) is 21.5. The summed E-state index contributed by atoms with van der Waals surface area (Å²) >= 11 is 1.71. The van der Waals surface area contributed by atoms with Gasteiger partial charge in [-0.25, -0.2) is 0 Å². The Morgan fingerprint density at radius 2 is 2.21 bits per heavy atom. The van der Waals surface area contributed by atoms with E-state index in [0.717, 1.165) is 18.1 Å². The quantitative estimate of drug-likeness (QED) is 0.727. The summed E-state index contributed by atoms with van der Waals surface area (Å²) in [7, 11) is 0. The topological polar surface area (TPSA) is 49.8 Å². The van der Waals surface area contributed by atoms with Crippen molar-refractivity contribution in [1.29, 1.82) is 0 Å². The number of thioether (sulfide) groups is 1. The third-order valence-corrected chi connectivity index (χ3v) is 3.85. The van der Waals surface area contributed by atoms with Gasteiger partial charge in [-0.2, -0.15) is 24.9 Å². The van der Waals surface area contributed by atoms with Crippen LogP contribution in [0.25, 0.3) is 0 Å². The van der Waals surface area contributed by atoms with Crippen molar-refractivity contribution in [2.24, 2.45) is 0 Å². The van der Waals surface area contributed by atoms with Crippen LogP contribution in [0, 0.1) is 0 Å². The molecule has 1 aliphatic rings. The van der Waals surface area contributed by atoms with Crippen LogP contribution in [0.2, 0.25) is 0 Å². The largest absolute Gasteiger partial charge is 0.481 e. The summed E-state index contributed by atoms with van der Waals surface area (Å²) in [5.74, 6) is 0.848. The van der Waals surface area contributed by atoms with Crippen LogP contribution in [0.15, 0.2) is 0 Å². The first-order chi connectivity index (χ1) is 8.88. The maximum atomic E-state index is 11.8. The summed E-state index contributed by atoms with van der Waals surface area (Å²) in [4.78, 5) is 12.7. The van der Waals surface area contributed by atoms with Gasteiger partial charge < -0.3 is 9.84 Å². The van der Waals surface area contributed by atoms with Crippen LogP contribution >= 0.6 is 11.8 Å². The second-order valence-electron chi connectivity index (χ2n) is 4.38. The number of hydrogen-bond acceptors (Lipinski definition) is 4. The van der Waals surface area contributed by atoms with Gasteiger partial charge in [-0.15, -0.1) is 0 Å². The number of hydrogen-bond donors (Lipinski definition) is 1. The lowest BCUT2D eigenvalue weighted by Gasteiger charge is -2.34. The van der Waals surface area contributed by atoms with Gasteiger partial charge in [0.1, 0.15) is 6.61 Å². The summed E-state index contributed by atoms with van der Waals surface area (Å²) in [5, 5.41) is 8.80. The van der Waals surface area contributed by atoms with E-state index < -0.39 is 18.8 Å². The van der Waals surface area contributed by atoms with Crippen LogP contribution in [-0.2, 0) is 9.53 Å². The minimum atomic E-state index is -4.28. The van der Waals surface area contributed by atoms with Crippen molar-refractivity contribution in [1.82, 2.24) is 4.90 Å². The molecule has 1 rings (SSSR count). The lowest BCUT2D eigenvalue weighted by Crippen LogP contribution is -2.44. The van der Waals surface area contributed by atoms with E-state index in [1.165, 1.54) is 0 Å². The van der Waals surface area contributed by atoms with Gasteiger partial charge in [-0.3, -0.25) is 9.69 Å². The van der Waals surface area contributed by atoms with Crippen molar-refractivity contribution < 1.29 is 27.8 Å². The molecule has 1 saturated heterocycles. The Labute approximate surface area is 114 Å². The number of aliphatic carboxylic acids is 1. The molecule has 1 atom stereocenters. The summed E-state index contributed by atoms with van der Waals surface area (Å²) in [5.41, 5.74) is 0. The Morgan fingerprint density at radius 3 is 2.84 bits per heavy atom. The highest BCUT2D eigenvalue weighted by Gasteiger charge is 2.27. The van der Waals surface area contributed by atoms with Crippen molar-refractivity contribution in [3.8, 4) is 0 Å². The van der Waals surface area contributed by atoms with E-state index in [1.807, 2.05) is 4.90 Å². The number of carbonyl (C=O) groups is 1. The standard InChI is InChI=1S/C11H18F3NO3S/c12-11(13,14)8-18-4-1-2-15-3-5-19-7-9(15)6-10(16)17/h9H,1-8H2,(H,16,17). The first-order valence-corrected chi connectivity index (χ1v) is 7.22. The van der Waals surface area contributed by atoms with E-state index in [4.69, 9.17) is 5.11 Å². The highest BCUT2D eigenvalue weighted by molar-refractivity contribution is 7.99. The molecule has 4 nitrogen and oxygen atoms in total. The SMILES string of the molecule is O=C(O)CC1CSCCN1CCCOCC(F)(F)F. The number of carboxylic acid groups (broad SMARTS) is 1. The van der Waals surface area contributed by atoms with Crippen LogP contribution in [-0.4, -0.2) is 66.0 Å². The third-order valence-electron chi connectivity index (χ3n) is 2.76. The van der Waals surface area contributed by atoms with Crippen LogP contribution in [0.4, 0.5) is 13.2 Å². The third kappa shape index (κ3) is 7.64. The van der Waals surface area contributed by atoms with Crippen molar-refractivity contribution in [2.45, 2.75) is 25.1 Å². The molecule has 19 heavy (non-hydrogen) atoms. The van der Waals surface area contributed by atoms with Gasteiger partial charge in [0.2, 0.25) is 0 Å². The van der Waals surface area contributed by atoms with Crippen LogP contribution in [0.3, 0.4) is 0 Å². The summed E-state index contributed by atoms with van der Waals surface area (Å²) in [6.07, 6.45) is -3.72. The van der Waals surface area contributed by atoms with Crippen LogP contribution < -0.4 is 0 Å². The minimum Gasteiger partial charge on any atom is -0.481 e. The van der Waals surface area contributed by atoms with Crippen LogP contribution in [0.5, 0.6) is 0 Å². The lowest BCUT2D eigenvalue weighted by molar-refractivity contribution is -0.174. The molecule has 8 heteroatoms. The second kappa shape index (κ2) is 7.96. The molecule has 0 bridgehead atoms. The first kappa shape index (κ1) is 16.6. The fourth-order valence-corrected chi connectivity index (χ4v) is 3.06. The second-order valence-corrected chi connectivity index (χ2v) is 5.53. The molecule has 1 unspecified atom stereocenters. The molecular weight excluding hydrogens is 283 g/mol. The molecule has 0 saturated carbocycles. The Kier molecular flexibility index (Phi) is 6.95. The van der Waals surface area contributed by atoms with E-state index in [-0.39, 0.29) is 19.1 Å². The van der Waals surface area contributed by atoms with E-state index in [2.05, 4.69) is 4.74 Å². The van der Waals surface area contributed by atoms with Gasteiger partial charge in [-0.1, -0.05) is 0 Å². The summed E-state index contributed by atoms with van der Waals surface area (Å²) in [6.45, 7) is 0.183. The van der Waals surface area contributed by atoms with Crippen LogP contribution in [0.1, 0.15) is 12.8 Å². The Morgan fingerprint density at radius 1 is 1.47 bits per heavy atom. The van der Waals surface area contributed by atoms with E-state index in [1.54, 1.807) is 11.8 Å². The zero-order valence-corrected chi connectivity index (χ0v) is 11.3. The molecule has 1 N–H and O–H groups in total. The average molecular weight is 301 g/mol. The molecule has 0 aromatic heterocycles. The Balaban J connectivity index is 2.20. The van der Waals surface area contributed by atoms with Gasteiger partial charge >= 0.3 is 12.1 Å². The highest BCUT2D eigenvalue weighted by Crippen LogP contribution is 2.19. The Bertz CT molecular complexity index is 289. The number of halogens is 3. The summed E-state index contributed by atoms with van der Waals surface area (Å²) in [6, 6.07) is -0.0288. The van der Waals surface area contributed by atoms with Gasteiger partial charge in [0.05, 0.1) is 6.42 Å². The maximum absolute atomic E-state index is 11.8. The lowest BCUT2D eigenvalue weighted by atomic mass is 10.2. The van der Waals surface area contributed by atoms with Crippen molar-refractivity contribution in [2.75, 3.05) is 37.8 Å². The molecule has 0 radical (unpaired) electrons. The summed E-state index contributed by atoms with van der Waals surface area (Å²) < 4.78 is 40.1. The van der Waals surface area contributed by atoms with E-state index in [0.29, 0.717) is 13.0 Å². The van der Waals surface area contributed by atoms with Crippen molar-refractivity contribution in [3.05, 3.63) is 0 Å². The average Bonchev–Trinajstić information content (AvgIpc) is 2.28. The zero-order valence-electron chi connectivity index (χ0n) is 10.5. The number of rotatable bonds is 7. The van der Waals surface area contributed by atoms with Gasteiger partial charge in [-0.05, 0) is 6.42 Å². The predicted octanol–water partition coefficient (Wildman–Crippen LogP) is 1.85. The molecule has 0 aromatic rings. The number of carboxylic acids is 1. The maximum Gasteiger partial charge on any atom is 0.411 e. The molecular formula is C11H18F3NO3S. The molecule has 1 fully saturated rings. The molecule has 112 valence electrons. The van der Waals surface area contributed by atoms with E-state index >= 15 is 0 Å². The predicted molar refractivity (Wildman–Crippen MR) is 66.4 cm³/mol. The first-order valence-electron chi connectivity index (χ1n) is 6.06. The fourth-order valence-electron chi connectivity index (χ4n) is 1.93. The molecule has 0 aliphatic carbocycles. The van der Waals surface area contributed by atoms with Gasteiger partial charge in [0.25, 0.3) is 0 Å². The Hall–Kier alpha value is -0.470. The monoisotopic (exact) mass is 301 g/mol. The molecule has 1 aliphatic heterocycles. The molecule has 0 spiro atoms. The van der Waals surface area contributed by atoms with Gasteiger partial charge in [0.15, 0.2) is 0 Å². The number of ether oxygens (including phenoxy) is 1. The molecule has 0 aromatic carbocycles.